The van der Waals surface area contributed by atoms with E-state index in [-0.39, 0.29) is 5.69 Å². The van der Waals surface area contributed by atoms with Crippen LogP contribution in [0.4, 0.5) is 26.0 Å². The van der Waals surface area contributed by atoms with Crippen molar-refractivity contribution in [2.75, 3.05) is 10.7 Å². The summed E-state index contributed by atoms with van der Waals surface area (Å²) in [5.74, 6) is 4.56. The standard InChI is InChI=1S/C11H10F2N4/c12-7-1-2-9(13)10(5-7)16-8-3-4-15-11(6-8)17-14/h1-6H,14H2,(H2,15,16,17). The average Bonchev–Trinajstić information content (AvgIpc) is 2.34. The number of pyridine rings is 1. The second-order valence-electron chi connectivity index (χ2n) is 3.32. The van der Waals surface area contributed by atoms with Crippen molar-refractivity contribution in [1.29, 1.82) is 0 Å². The highest BCUT2D eigenvalue weighted by Crippen LogP contribution is 2.21. The van der Waals surface area contributed by atoms with Gasteiger partial charge in [-0.05, 0) is 18.2 Å². The van der Waals surface area contributed by atoms with Gasteiger partial charge in [0.2, 0.25) is 0 Å². The van der Waals surface area contributed by atoms with Crippen molar-refractivity contribution in [1.82, 2.24) is 4.98 Å². The minimum atomic E-state index is -0.537. The molecule has 88 valence electrons. The van der Waals surface area contributed by atoms with Gasteiger partial charge in [0, 0.05) is 24.0 Å². The summed E-state index contributed by atoms with van der Waals surface area (Å²) in [7, 11) is 0. The van der Waals surface area contributed by atoms with E-state index in [0.29, 0.717) is 11.5 Å². The lowest BCUT2D eigenvalue weighted by molar-refractivity contribution is 0.603. The third-order valence-corrected chi connectivity index (χ3v) is 2.12. The van der Waals surface area contributed by atoms with Crippen LogP contribution in [0.2, 0.25) is 0 Å². The van der Waals surface area contributed by atoms with Gasteiger partial charge in [0.1, 0.15) is 17.5 Å². The number of nitrogens with zero attached hydrogens (tertiary/aromatic N) is 1. The van der Waals surface area contributed by atoms with Crippen molar-refractivity contribution in [3.8, 4) is 0 Å². The first kappa shape index (κ1) is 11.3. The largest absolute Gasteiger partial charge is 0.353 e. The Morgan fingerprint density at radius 1 is 1.12 bits per heavy atom. The van der Waals surface area contributed by atoms with Crippen molar-refractivity contribution < 1.29 is 8.78 Å². The predicted octanol–water partition coefficient (Wildman–Crippen LogP) is 2.39. The molecule has 0 bridgehead atoms. The number of nitrogen functional groups attached to an aromatic ring is 1. The molecule has 4 nitrogen and oxygen atoms in total. The van der Waals surface area contributed by atoms with E-state index in [1.807, 2.05) is 0 Å². The van der Waals surface area contributed by atoms with Crippen LogP contribution in [0.3, 0.4) is 0 Å². The van der Waals surface area contributed by atoms with E-state index in [1.165, 1.54) is 6.20 Å². The summed E-state index contributed by atoms with van der Waals surface area (Å²) < 4.78 is 26.3. The van der Waals surface area contributed by atoms with Crippen LogP contribution in [0.15, 0.2) is 36.5 Å². The molecule has 0 aliphatic heterocycles. The molecule has 0 saturated heterocycles. The lowest BCUT2D eigenvalue weighted by atomic mass is 10.2. The van der Waals surface area contributed by atoms with E-state index >= 15 is 0 Å². The fraction of sp³-hybridized carbons (Fsp3) is 0. The number of hydrazine groups is 1. The summed E-state index contributed by atoms with van der Waals surface area (Å²) in [4.78, 5) is 3.90. The molecule has 1 heterocycles. The molecule has 0 atom stereocenters. The molecule has 0 aliphatic carbocycles. The first-order valence-electron chi connectivity index (χ1n) is 4.84. The summed E-state index contributed by atoms with van der Waals surface area (Å²) in [5, 5.41) is 2.74. The summed E-state index contributed by atoms with van der Waals surface area (Å²) in [6.45, 7) is 0. The highest BCUT2D eigenvalue weighted by atomic mass is 19.1. The van der Waals surface area contributed by atoms with Crippen LogP contribution < -0.4 is 16.6 Å². The van der Waals surface area contributed by atoms with Crippen LogP contribution in [0.1, 0.15) is 0 Å². The number of hydrogen-bond donors (Lipinski definition) is 3. The molecule has 6 heteroatoms. The highest BCUT2D eigenvalue weighted by Gasteiger charge is 2.04. The Kier molecular flexibility index (Phi) is 3.15. The molecule has 1 aromatic carbocycles. The first-order valence-corrected chi connectivity index (χ1v) is 4.84. The van der Waals surface area contributed by atoms with Crippen LogP contribution in [0.25, 0.3) is 0 Å². The molecule has 0 saturated carbocycles. The fourth-order valence-electron chi connectivity index (χ4n) is 1.34. The third kappa shape index (κ3) is 2.67. The monoisotopic (exact) mass is 236 g/mol. The Labute approximate surface area is 96.4 Å². The minimum absolute atomic E-state index is 0.0548. The van der Waals surface area contributed by atoms with Gasteiger partial charge in [-0.2, -0.15) is 0 Å². The molecular formula is C11H10F2N4. The smallest absolute Gasteiger partial charge is 0.146 e. The zero-order valence-corrected chi connectivity index (χ0v) is 8.74. The molecule has 2 rings (SSSR count). The minimum Gasteiger partial charge on any atom is -0.353 e. The number of benzene rings is 1. The molecule has 0 aliphatic rings. The maximum atomic E-state index is 13.4. The van der Waals surface area contributed by atoms with E-state index in [2.05, 4.69) is 15.7 Å². The van der Waals surface area contributed by atoms with E-state index in [0.717, 1.165) is 18.2 Å². The highest BCUT2D eigenvalue weighted by molar-refractivity contribution is 5.62. The van der Waals surface area contributed by atoms with E-state index < -0.39 is 11.6 Å². The first-order chi connectivity index (χ1) is 8.19. The number of anilines is 3. The van der Waals surface area contributed by atoms with Gasteiger partial charge in [0.15, 0.2) is 0 Å². The van der Waals surface area contributed by atoms with Gasteiger partial charge >= 0.3 is 0 Å². The van der Waals surface area contributed by atoms with Gasteiger partial charge in [-0.1, -0.05) is 0 Å². The van der Waals surface area contributed by atoms with Crippen molar-refractivity contribution in [2.24, 2.45) is 5.84 Å². The Bertz CT molecular complexity index is 531. The van der Waals surface area contributed by atoms with E-state index in [9.17, 15) is 8.78 Å². The number of hydrogen-bond acceptors (Lipinski definition) is 4. The number of aromatic nitrogens is 1. The van der Waals surface area contributed by atoms with Gasteiger partial charge in [-0.3, -0.25) is 0 Å². The van der Waals surface area contributed by atoms with Crippen LogP contribution in [0, 0.1) is 11.6 Å². The van der Waals surface area contributed by atoms with Gasteiger partial charge in [-0.25, -0.2) is 19.6 Å². The van der Waals surface area contributed by atoms with Gasteiger partial charge < -0.3 is 10.7 Å². The van der Waals surface area contributed by atoms with Crippen LogP contribution in [0.5, 0.6) is 0 Å². The molecule has 1 aromatic heterocycles. The molecule has 0 amide bonds. The van der Waals surface area contributed by atoms with Gasteiger partial charge in [0.25, 0.3) is 0 Å². The predicted molar refractivity (Wildman–Crippen MR) is 61.7 cm³/mol. The third-order valence-electron chi connectivity index (χ3n) is 2.12. The molecule has 2 aromatic rings. The topological polar surface area (TPSA) is 63.0 Å². The molecule has 0 fully saturated rings. The Balaban J connectivity index is 2.27. The van der Waals surface area contributed by atoms with Gasteiger partial charge in [-0.15, -0.1) is 0 Å². The van der Waals surface area contributed by atoms with E-state index in [4.69, 9.17) is 5.84 Å². The van der Waals surface area contributed by atoms with Crippen molar-refractivity contribution >= 4 is 17.2 Å². The second kappa shape index (κ2) is 4.75. The summed E-state index contributed by atoms with van der Waals surface area (Å²) in [5.41, 5.74) is 2.97. The maximum absolute atomic E-state index is 13.4. The molecule has 4 N–H and O–H groups in total. The second-order valence-corrected chi connectivity index (χ2v) is 3.32. The summed E-state index contributed by atoms with van der Waals surface area (Å²) in [6, 6.07) is 6.38. The SMILES string of the molecule is NNc1cc(Nc2cc(F)ccc2F)ccn1. The van der Waals surface area contributed by atoms with Crippen LogP contribution in [-0.2, 0) is 0 Å². The van der Waals surface area contributed by atoms with Crippen LogP contribution in [-0.4, -0.2) is 4.98 Å². The Hall–Kier alpha value is -2.21. The number of nitrogens with one attached hydrogen (secondary N) is 2. The zero-order chi connectivity index (χ0) is 12.3. The number of halogens is 2. The molecule has 0 unspecified atom stereocenters. The fourth-order valence-corrected chi connectivity index (χ4v) is 1.34. The zero-order valence-electron chi connectivity index (χ0n) is 8.74. The number of nitrogens with two attached hydrogens (primary N) is 1. The Morgan fingerprint density at radius 2 is 1.94 bits per heavy atom. The summed E-state index contributed by atoms with van der Waals surface area (Å²) in [6.07, 6.45) is 1.49. The average molecular weight is 236 g/mol. The van der Waals surface area contributed by atoms with E-state index in [1.54, 1.807) is 12.1 Å². The Morgan fingerprint density at radius 3 is 2.71 bits per heavy atom. The molecule has 0 spiro atoms. The van der Waals surface area contributed by atoms with Crippen LogP contribution >= 0.6 is 0 Å². The van der Waals surface area contributed by atoms with Crippen molar-refractivity contribution in [2.45, 2.75) is 0 Å². The number of rotatable bonds is 3. The van der Waals surface area contributed by atoms with Crippen molar-refractivity contribution in [3.63, 3.8) is 0 Å². The van der Waals surface area contributed by atoms with Gasteiger partial charge in [0.05, 0.1) is 5.69 Å². The normalized spacial score (nSPS) is 10.1. The summed E-state index contributed by atoms with van der Waals surface area (Å²) >= 11 is 0. The quantitative estimate of drug-likeness (QED) is 0.565. The molecular weight excluding hydrogens is 226 g/mol. The maximum Gasteiger partial charge on any atom is 0.146 e. The van der Waals surface area contributed by atoms with Crippen molar-refractivity contribution in [3.05, 3.63) is 48.2 Å². The lowest BCUT2D eigenvalue weighted by Crippen LogP contribution is -2.08. The lowest BCUT2D eigenvalue weighted by Gasteiger charge is -2.08. The molecule has 0 radical (unpaired) electrons. The molecule has 17 heavy (non-hydrogen) atoms.